The average Bonchev–Trinajstić information content (AvgIpc) is 2.46. The second-order valence-corrected chi connectivity index (χ2v) is 4.56. The summed E-state index contributed by atoms with van der Waals surface area (Å²) in [6.45, 7) is 0.718. The summed E-state index contributed by atoms with van der Waals surface area (Å²) < 4.78 is 0. The average molecular weight is 251 g/mol. The van der Waals surface area contributed by atoms with Crippen LogP contribution in [0.1, 0.15) is 21.5 Å². The molecule has 94 valence electrons. The zero-order valence-electron chi connectivity index (χ0n) is 10.3. The number of carbonyl (C=O) groups is 1. The Morgan fingerprint density at radius 3 is 2.79 bits per heavy atom. The monoisotopic (exact) mass is 251 g/mol. The minimum absolute atomic E-state index is 0.340. The van der Waals surface area contributed by atoms with Gasteiger partial charge in [0.2, 0.25) is 0 Å². The summed E-state index contributed by atoms with van der Waals surface area (Å²) in [6, 6.07) is 13.2. The van der Waals surface area contributed by atoms with Crippen molar-refractivity contribution in [3.63, 3.8) is 0 Å². The first kappa shape index (κ1) is 11.7. The molecule has 1 aliphatic rings. The van der Waals surface area contributed by atoms with Gasteiger partial charge in [0.05, 0.1) is 12.1 Å². The Morgan fingerprint density at radius 1 is 1.11 bits per heavy atom. The molecule has 0 saturated heterocycles. The molecule has 1 N–H and O–H groups in total. The quantitative estimate of drug-likeness (QED) is 0.891. The maximum Gasteiger partial charge on any atom is 0.336 e. The standard InChI is InChI=1S/C16H13NO2/c18-16(19)15-4-2-1-3-14(15)12-5-6-13-10-17-8-7-11(13)9-12/h1-6,8-9H,7,10H2,(H,18,19). The van der Waals surface area contributed by atoms with Crippen LogP contribution in [0.5, 0.6) is 0 Å². The van der Waals surface area contributed by atoms with Crippen molar-refractivity contribution in [2.24, 2.45) is 4.99 Å². The van der Waals surface area contributed by atoms with Crippen LogP contribution in [-0.4, -0.2) is 17.3 Å². The van der Waals surface area contributed by atoms with E-state index in [9.17, 15) is 9.90 Å². The van der Waals surface area contributed by atoms with Gasteiger partial charge in [0.1, 0.15) is 0 Å². The summed E-state index contributed by atoms with van der Waals surface area (Å²) in [5, 5.41) is 9.24. The molecule has 19 heavy (non-hydrogen) atoms. The summed E-state index contributed by atoms with van der Waals surface area (Å²) in [4.78, 5) is 15.5. The SMILES string of the molecule is O=C(O)c1ccccc1-c1ccc2c(c1)CC=NC2. The number of benzene rings is 2. The molecule has 0 unspecified atom stereocenters. The first-order valence-electron chi connectivity index (χ1n) is 6.18. The normalized spacial score (nSPS) is 13.1. The van der Waals surface area contributed by atoms with Crippen molar-refractivity contribution < 1.29 is 9.90 Å². The predicted molar refractivity (Wildman–Crippen MR) is 74.7 cm³/mol. The van der Waals surface area contributed by atoms with Crippen LogP contribution in [0.25, 0.3) is 11.1 Å². The first-order chi connectivity index (χ1) is 9.25. The number of hydrogen-bond donors (Lipinski definition) is 1. The van der Waals surface area contributed by atoms with Crippen molar-refractivity contribution in [3.05, 3.63) is 59.2 Å². The van der Waals surface area contributed by atoms with E-state index in [2.05, 4.69) is 11.1 Å². The van der Waals surface area contributed by atoms with Crippen molar-refractivity contribution in [2.75, 3.05) is 0 Å². The molecule has 2 aromatic carbocycles. The van der Waals surface area contributed by atoms with Crippen LogP contribution in [0.15, 0.2) is 47.5 Å². The lowest BCUT2D eigenvalue weighted by atomic mass is 9.94. The van der Waals surface area contributed by atoms with E-state index >= 15 is 0 Å². The maximum atomic E-state index is 11.3. The molecule has 0 saturated carbocycles. The van der Waals surface area contributed by atoms with Crippen LogP contribution in [-0.2, 0) is 13.0 Å². The van der Waals surface area contributed by atoms with Gasteiger partial charge in [-0.3, -0.25) is 4.99 Å². The molecule has 2 aromatic rings. The van der Waals surface area contributed by atoms with Gasteiger partial charge in [-0.2, -0.15) is 0 Å². The van der Waals surface area contributed by atoms with Crippen molar-refractivity contribution in [1.82, 2.24) is 0 Å². The van der Waals surface area contributed by atoms with Gasteiger partial charge >= 0.3 is 5.97 Å². The predicted octanol–water partition coefficient (Wildman–Crippen LogP) is 3.18. The van der Waals surface area contributed by atoms with Crippen LogP contribution in [0, 0.1) is 0 Å². The van der Waals surface area contributed by atoms with Gasteiger partial charge in [0.15, 0.2) is 0 Å². The fraction of sp³-hybridized carbons (Fsp3) is 0.125. The molecular formula is C16H13NO2. The Labute approximate surface area is 111 Å². The fourth-order valence-corrected chi connectivity index (χ4v) is 2.38. The summed E-state index contributed by atoms with van der Waals surface area (Å²) in [5.41, 5.74) is 4.51. The van der Waals surface area contributed by atoms with Crippen LogP contribution < -0.4 is 0 Å². The molecule has 0 amide bonds. The second-order valence-electron chi connectivity index (χ2n) is 4.56. The van der Waals surface area contributed by atoms with Gasteiger partial charge in [-0.1, -0.05) is 36.4 Å². The number of aromatic carboxylic acids is 1. The lowest BCUT2D eigenvalue weighted by Crippen LogP contribution is -2.03. The van der Waals surface area contributed by atoms with E-state index in [0.717, 1.165) is 24.1 Å². The molecule has 3 nitrogen and oxygen atoms in total. The van der Waals surface area contributed by atoms with Crippen molar-refractivity contribution in [2.45, 2.75) is 13.0 Å². The van der Waals surface area contributed by atoms with Crippen molar-refractivity contribution in [3.8, 4) is 11.1 Å². The molecule has 0 aliphatic carbocycles. The minimum Gasteiger partial charge on any atom is -0.478 e. The second kappa shape index (κ2) is 4.69. The van der Waals surface area contributed by atoms with Crippen LogP contribution >= 0.6 is 0 Å². The third-order valence-corrected chi connectivity index (χ3v) is 3.38. The third-order valence-electron chi connectivity index (χ3n) is 3.38. The van der Waals surface area contributed by atoms with E-state index in [4.69, 9.17) is 0 Å². The highest BCUT2D eigenvalue weighted by atomic mass is 16.4. The summed E-state index contributed by atoms with van der Waals surface area (Å²) >= 11 is 0. The van der Waals surface area contributed by atoms with Crippen LogP contribution in [0.4, 0.5) is 0 Å². The van der Waals surface area contributed by atoms with Gasteiger partial charge in [-0.15, -0.1) is 0 Å². The number of nitrogens with zero attached hydrogens (tertiary/aromatic N) is 1. The molecule has 0 radical (unpaired) electrons. The van der Waals surface area contributed by atoms with Crippen LogP contribution in [0.2, 0.25) is 0 Å². The highest BCUT2D eigenvalue weighted by Crippen LogP contribution is 2.27. The Bertz CT molecular complexity index is 674. The van der Waals surface area contributed by atoms with Crippen LogP contribution in [0.3, 0.4) is 0 Å². The van der Waals surface area contributed by atoms with E-state index in [-0.39, 0.29) is 0 Å². The highest BCUT2D eigenvalue weighted by Gasteiger charge is 2.13. The Hall–Kier alpha value is -2.42. The number of carboxylic acid groups (broad SMARTS) is 1. The third kappa shape index (κ3) is 2.15. The molecule has 3 heteroatoms. The highest BCUT2D eigenvalue weighted by molar-refractivity contribution is 5.96. The molecular weight excluding hydrogens is 238 g/mol. The number of hydrogen-bond acceptors (Lipinski definition) is 2. The summed E-state index contributed by atoms with van der Waals surface area (Å²) in [5.74, 6) is -0.894. The van der Waals surface area contributed by atoms with Gasteiger partial charge in [0.25, 0.3) is 0 Å². The molecule has 1 heterocycles. The molecule has 0 spiro atoms. The molecule has 0 fully saturated rings. The van der Waals surface area contributed by atoms with Crippen molar-refractivity contribution >= 4 is 12.2 Å². The lowest BCUT2D eigenvalue weighted by Gasteiger charge is -2.13. The smallest absolute Gasteiger partial charge is 0.336 e. The Balaban J connectivity index is 2.11. The van der Waals surface area contributed by atoms with Gasteiger partial charge in [-0.05, 0) is 28.3 Å². The Kier molecular flexibility index (Phi) is 2.88. The zero-order valence-corrected chi connectivity index (χ0v) is 10.3. The van der Waals surface area contributed by atoms with Crippen molar-refractivity contribution in [1.29, 1.82) is 0 Å². The number of fused-ring (bicyclic) bond motifs is 1. The molecule has 0 bridgehead atoms. The topological polar surface area (TPSA) is 49.7 Å². The van der Waals surface area contributed by atoms with E-state index in [1.807, 2.05) is 30.5 Å². The number of aliphatic imine (C=N–C) groups is 1. The van der Waals surface area contributed by atoms with E-state index in [0.29, 0.717) is 5.56 Å². The molecule has 1 aliphatic heterocycles. The number of rotatable bonds is 2. The summed E-state index contributed by atoms with van der Waals surface area (Å²) in [7, 11) is 0. The largest absolute Gasteiger partial charge is 0.478 e. The molecule has 0 aromatic heterocycles. The van der Waals surface area contributed by atoms with Gasteiger partial charge in [0, 0.05) is 12.6 Å². The van der Waals surface area contributed by atoms with Gasteiger partial charge < -0.3 is 5.11 Å². The van der Waals surface area contributed by atoms with E-state index in [1.165, 1.54) is 11.1 Å². The fourth-order valence-electron chi connectivity index (χ4n) is 2.38. The number of carboxylic acids is 1. The van der Waals surface area contributed by atoms with E-state index < -0.39 is 5.97 Å². The maximum absolute atomic E-state index is 11.3. The Morgan fingerprint density at radius 2 is 1.95 bits per heavy atom. The first-order valence-corrected chi connectivity index (χ1v) is 6.18. The van der Waals surface area contributed by atoms with Gasteiger partial charge in [-0.25, -0.2) is 4.79 Å². The molecule has 3 rings (SSSR count). The minimum atomic E-state index is -0.894. The molecule has 0 atom stereocenters. The zero-order chi connectivity index (χ0) is 13.2. The summed E-state index contributed by atoms with van der Waals surface area (Å²) in [6.07, 6.45) is 2.73. The lowest BCUT2D eigenvalue weighted by molar-refractivity contribution is 0.0697. The van der Waals surface area contributed by atoms with E-state index in [1.54, 1.807) is 12.1 Å².